The molecule has 0 aliphatic heterocycles. The zero-order valence-electron chi connectivity index (χ0n) is 21.3. The smallest absolute Gasteiger partial charge is 0.414 e. The summed E-state index contributed by atoms with van der Waals surface area (Å²) in [5.41, 5.74) is 0.944. The van der Waals surface area contributed by atoms with E-state index in [1.54, 1.807) is 75.4 Å². The minimum atomic E-state index is -0.932. The van der Waals surface area contributed by atoms with Gasteiger partial charge < -0.3 is 15.4 Å². The summed E-state index contributed by atoms with van der Waals surface area (Å²) in [5.74, 6) is -2.37. The topological polar surface area (TPSA) is 87.7 Å². The molecule has 0 bridgehead atoms. The van der Waals surface area contributed by atoms with Gasteiger partial charge in [-0.05, 0) is 62.7 Å². The van der Waals surface area contributed by atoms with Crippen LogP contribution in [0.5, 0.6) is 0 Å². The first-order valence-electron chi connectivity index (χ1n) is 11.7. The fourth-order valence-electron chi connectivity index (χ4n) is 3.57. The number of amides is 3. The third kappa shape index (κ3) is 7.79. The summed E-state index contributed by atoms with van der Waals surface area (Å²) in [6.45, 7) is 5.28. The number of nitrogens with one attached hydrogen (secondary N) is 2. The molecule has 0 saturated carbocycles. The van der Waals surface area contributed by atoms with Crippen LogP contribution < -0.4 is 15.5 Å². The second-order valence-corrected chi connectivity index (χ2v) is 10.8. The fraction of sp³-hybridized carbons (Fsp3) is 0.250. The number of carbonyl (C=O) groups is 3. The lowest BCUT2D eigenvalue weighted by molar-refractivity contribution is -0.136. The predicted octanol–water partition coefficient (Wildman–Crippen LogP) is 6.65. The number of nitrogens with zero attached hydrogens (tertiary/aromatic N) is 1. The number of hydrogen-bond acceptors (Lipinski definition) is 4. The highest BCUT2D eigenvalue weighted by Crippen LogP contribution is 2.30. The van der Waals surface area contributed by atoms with Crippen LogP contribution in [0, 0.1) is 5.82 Å². The van der Waals surface area contributed by atoms with E-state index in [1.165, 1.54) is 24.1 Å². The quantitative estimate of drug-likeness (QED) is 0.309. The molecule has 0 fully saturated rings. The van der Waals surface area contributed by atoms with Crippen molar-refractivity contribution >= 4 is 56.8 Å². The van der Waals surface area contributed by atoms with E-state index in [9.17, 15) is 18.8 Å². The van der Waals surface area contributed by atoms with Gasteiger partial charge in [-0.2, -0.15) is 0 Å². The largest absolute Gasteiger partial charge is 0.443 e. The Hall–Kier alpha value is -3.43. The van der Waals surface area contributed by atoms with E-state index in [1.807, 2.05) is 0 Å². The van der Waals surface area contributed by atoms with Crippen LogP contribution in [0.1, 0.15) is 37.9 Å². The average molecular weight is 605 g/mol. The maximum Gasteiger partial charge on any atom is 0.414 e. The van der Waals surface area contributed by atoms with Crippen molar-refractivity contribution in [2.24, 2.45) is 0 Å². The van der Waals surface area contributed by atoms with Gasteiger partial charge in [0.25, 0.3) is 0 Å². The van der Waals surface area contributed by atoms with E-state index < -0.39 is 35.4 Å². The summed E-state index contributed by atoms with van der Waals surface area (Å²) in [5, 5.41) is 5.44. The molecule has 3 aromatic rings. The molecule has 38 heavy (non-hydrogen) atoms. The van der Waals surface area contributed by atoms with Crippen molar-refractivity contribution in [3.05, 3.63) is 93.2 Å². The van der Waals surface area contributed by atoms with Crippen LogP contribution in [0.4, 0.5) is 20.6 Å². The molecule has 7 nitrogen and oxygen atoms in total. The molecule has 0 radical (unpaired) electrons. The van der Waals surface area contributed by atoms with E-state index in [0.29, 0.717) is 21.4 Å². The van der Waals surface area contributed by atoms with Gasteiger partial charge in [-0.15, -0.1) is 0 Å². The Morgan fingerprint density at radius 3 is 2.37 bits per heavy atom. The van der Waals surface area contributed by atoms with E-state index >= 15 is 0 Å². The van der Waals surface area contributed by atoms with Crippen molar-refractivity contribution in [2.75, 3.05) is 17.3 Å². The summed E-state index contributed by atoms with van der Waals surface area (Å²) >= 11 is 9.68. The molecular weight excluding hydrogens is 577 g/mol. The van der Waals surface area contributed by atoms with Crippen LogP contribution in [-0.2, 0) is 20.7 Å². The second kappa shape index (κ2) is 12.4. The minimum absolute atomic E-state index is 0.0172. The van der Waals surface area contributed by atoms with Crippen molar-refractivity contribution < 1.29 is 23.5 Å². The number of ether oxygens (including phenoxy) is 1. The van der Waals surface area contributed by atoms with Gasteiger partial charge >= 0.3 is 17.9 Å². The summed E-state index contributed by atoms with van der Waals surface area (Å²) in [7, 11) is 1.54. The number of halogens is 3. The van der Waals surface area contributed by atoms with Gasteiger partial charge in [-0.3, -0.25) is 14.5 Å². The number of rotatable bonds is 6. The SMILES string of the molecule is CN(C(=O)OC(C)(C)C)c1cccc(NC(=O)C(=O)NC(Cc2c(F)cccc2Cl)c2ccccc2Br)c1. The average Bonchev–Trinajstić information content (AvgIpc) is 2.84. The van der Waals surface area contributed by atoms with E-state index in [0.717, 1.165) is 0 Å². The first-order valence-corrected chi connectivity index (χ1v) is 12.9. The molecule has 0 spiro atoms. The second-order valence-electron chi connectivity index (χ2n) is 9.50. The van der Waals surface area contributed by atoms with Crippen molar-refractivity contribution in [1.82, 2.24) is 5.32 Å². The van der Waals surface area contributed by atoms with Crippen molar-refractivity contribution in [3.63, 3.8) is 0 Å². The number of carbonyl (C=O) groups excluding carboxylic acids is 3. The van der Waals surface area contributed by atoms with Crippen molar-refractivity contribution in [3.8, 4) is 0 Å². The van der Waals surface area contributed by atoms with Crippen LogP contribution in [-0.4, -0.2) is 30.6 Å². The lowest BCUT2D eigenvalue weighted by atomic mass is 9.98. The van der Waals surface area contributed by atoms with Crippen LogP contribution in [0.3, 0.4) is 0 Å². The van der Waals surface area contributed by atoms with Crippen LogP contribution in [0.15, 0.2) is 71.2 Å². The van der Waals surface area contributed by atoms with Crippen LogP contribution in [0.25, 0.3) is 0 Å². The molecule has 3 amide bonds. The Morgan fingerprint density at radius 1 is 1.03 bits per heavy atom. The predicted molar refractivity (Wildman–Crippen MR) is 150 cm³/mol. The molecule has 0 aromatic heterocycles. The molecule has 3 aromatic carbocycles. The summed E-state index contributed by atoms with van der Waals surface area (Å²) in [6.07, 6.45) is -0.551. The maximum absolute atomic E-state index is 14.5. The highest BCUT2D eigenvalue weighted by Gasteiger charge is 2.25. The van der Waals surface area contributed by atoms with Crippen LogP contribution >= 0.6 is 27.5 Å². The molecule has 0 saturated heterocycles. The fourth-order valence-corrected chi connectivity index (χ4v) is 4.37. The van der Waals surface area contributed by atoms with Gasteiger partial charge in [0.15, 0.2) is 0 Å². The van der Waals surface area contributed by atoms with Crippen LogP contribution in [0.2, 0.25) is 5.02 Å². The Labute approximate surface area is 234 Å². The molecule has 3 rings (SSSR count). The monoisotopic (exact) mass is 603 g/mol. The Balaban J connectivity index is 1.77. The molecule has 10 heteroatoms. The maximum atomic E-state index is 14.5. The lowest BCUT2D eigenvalue weighted by Gasteiger charge is -2.25. The van der Waals surface area contributed by atoms with Gasteiger partial charge in [0.1, 0.15) is 11.4 Å². The molecule has 0 aliphatic rings. The lowest BCUT2D eigenvalue weighted by Crippen LogP contribution is -2.39. The van der Waals surface area contributed by atoms with Crippen molar-refractivity contribution in [1.29, 1.82) is 0 Å². The molecular formula is C28H28BrClFN3O4. The van der Waals surface area contributed by atoms with Gasteiger partial charge in [-0.25, -0.2) is 9.18 Å². The molecule has 0 heterocycles. The standard InChI is InChI=1S/C28H28BrClFN3O4/c1-28(2,3)38-27(37)34(4)18-10-7-9-17(15-18)32-25(35)26(36)33-24(19-11-5-6-12-21(19)29)16-20-22(30)13-8-14-23(20)31/h5-15,24H,16H2,1-4H3,(H,32,35)(H,33,36). The molecule has 1 atom stereocenters. The first-order chi connectivity index (χ1) is 17.9. The molecule has 0 aliphatic carbocycles. The molecule has 1 unspecified atom stereocenters. The molecule has 2 N–H and O–H groups in total. The Morgan fingerprint density at radius 2 is 1.71 bits per heavy atom. The number of benzene rings is 3. The summed E-state index contributed by atoms with van der Waals surface area (Å²) < 4.78 is 20.6. The normalized spacial score (nSPS) is 11.9. The third-order valence-corrected chi connectivity index (χ3v) is 6.50. The highest BCUT2D eigenvalue weighted by molar-refractivity contribution is 9.10. The Kier molecular flexibility index (Phi) is 9.51. The highest BCUT2D eigenvalue weighted by atomic mass is 79.9. The van der Waals surface area contributed by atoms with E-state index in [2.05, 4.69) is 26.6 Å². The minimum Gasteiger partial charge on any atom is -0.443 e. The van der Waals surface area contributed by atoms with Gasteiger partial charge in [0.05, 0.1) is 6.04 Å². The summed E-state index contributed by atoms with van der Waals surface area (Å²) in [4.78, 5) is 39.4. The zero-order chi connectivity index (χ0) is 28.0. The zero-order valence-corrected chi connectivity index (χ0v) is 23.7. The van der Waals surface area contributed by atoms with Crippen molar-refractivity contribution in [2.45, 2.75) is 38.8 Å². The van der Waals surface area contributed by atoms with Gasteiger partial charge in [0, 0.05) is 39.9 Å². The van der Waals surface area contributed by atoms with Gasteiger partial charge in [-0.1, -0.05) is 57.9 Å². The third-order valence-electron chi connectivity index (χ3n) is 5.42. The summed E-state index contributed by atoms with van der Waals surface area (Å²) in [6, 6.07) is 17.1. The number of anilines is 2. The van der Waals surface area contributed by atoms with E-state index in [-0.39, 0.29) is 17.0 Å². The van der Waals surface area contributed by atoms with E-state index in [4.69, 9.17) is 16.3 Å². The Bertz CT molecular complexity index is 1330. The first kappa shape index (κ1) is 29.1. The molecule has 200 valence electrons. The van der Waals surface area contributed by atoms with Gasteiger partial charge in [0.2, 0.25) is 0 Å². The number of hydrogen-bond donors (Lipinski definition) is 2.